The fraction of sp³-hybridized carbons (Fsp3) is 0.375. The first-order chi connectivity index (χ1) is 16.0. The molecular weight excluding hydrogens is 457 g/mol. The molecule has 0 radical (unpaired) electrons. The number of carbonyl (C=O) groups is 1. The first kappa shape index (κ1) is 22.2. The SMILES string of the molecule is CCc1nc(CN2CCN(C(=O)c3cc4c(C)nn(Cc5ccc(F)cc5)c4s3)CC2)cs1. The maximum atomic E-state index is 13.2. The Morgan fingerprint density at radius 1 is 1.12 bits per heavy atom. The van der Waals surface area contributed by atoms with Crippen molar-refractivity contribution in [3.05, 3.63) is 68.4 Å². The molecule has 5 rings (SSSR count). The molecule has 0 aliphatic carbocycles. The molecule has 1 fully saturated rings. The molecule has 33 heavy (non-hydrogen) atoms. The fourth-order valence-corrected chi connectivity index (χ4v) is 6.03. The van der Waals surface area contributed by atoms with Crippen LogP contribution in [-0.2, 0) is 19.5 Å². The Bertz CT molecular complexity index is 1270. The van der Waals surface area contributed by atoms with Gasteiger partial charge in [-0.1, -0.05) is 19.1 Å². The summed E-state index contributed by atoms with van der Waals surface area (Å²) in [7, 11) is 0. The lowest BCUT2D eigenvalue weighted by Gasteiger charge is -2.34. The van der Waals surface area contributed by atoms with Crippen LogP contribution >= 0.6 is 22.7 Å². The van der Waals surface area contributed by atoms with E-state index in [1.807, 2.05) is 22.6 Å². The van der Waals surface area contributed by atoms with Crippen LogP contribution in [0.4, 0.5) is 4.39 Å². The minimum absolute atomic E-state index is 0.0884. The molecule has 0 bridgehead atoms. The molecule has 172 valence electrons. The summed E-state index contributed by atoms with van der Waals surface area (Å²) in [6.45, 7) is 8.64. The highest BCUT2D eigenvalue weighted by atomic mass is 32.1. The van der Waals surface area contributed by atoms with Crippen LogP contribution in [0.25, 0.3) is 10.2 Å². The van der Waals surface area contributed by atoms with Crippen LogP contribution in [0.15, 0.2) is 35.7 Å². The van der Waals surface area contributed by atoms with Crippen LogP contribution in [0.2, 0.25) is 0 Å². The quantitative estimate of drug-likeness (QED) is 0.403. The van der Waals surface area contributed by atoms with Crippen LogP contribution in [0.3, 0.4) is 0 Å². The Labute approximate surface area is 200 Å². The van der Waals surface area contributed by atoms with Crippen LogP contribution < -0.4 is 0 Å². The predicted molar refractivity (Wildman–Crippen MR) is 131 cm³/mol. The summed E-state index contributed by atoms with van der Waals surface area (Å²) >= 11 is 3.21. The number of hydrogen-bond acceptors (Lipinski definition) is 6. The summed E-state index contributed by atoms with van der Waals surface area (Å²) in [5.41, 5.74) is 3.01. The molecule has 9 heteroatoms. The van der Waals surface area contributed by atoms with E-state index in [4.69, 9.17) is 0 Å². The second kappa shape index (κ2) is 9.32. The van der Waals surface area contributed by atoms with E-state index >= 15 is 0 Å². The molecule has 3 aromatic heterocycles. The number of fused-ring (bicyclic) bond motifs is 1. The molecule has 0 saturated carbocycles. The number of thiophene rings is 1. The van der Waals surface area contributed by atoms with Gasteiger partial charge in [0.05, 0.1) is 27.8 Å². The number of halogens is 1. The van der Waals surface area contributed by atoms with Crippen molar-refractivity contribution in [3.8, 4) is 0 Å². The largest absolute Gasteiger partial charge is 0.335 e. The number of piperazine rings is 1. The summed E-state index contributed by atoms with van der Waals surface area (Å²) in [6, 6.07) is 8.43. The van der Waals surface area contributed by atoms with Crippen LogP contribution in [0.1, 0.15) is 38.6 Å². The minimum atomic E-state index is -0.248. The van der Waals surface area contributed by atoms with Crippen molar-refractivity contribution in [2.75, 3.05) is 26.2 Å². The smallest absolute Gasteiger partial charge is 0.264 e. The summed E-state index contributed by atoms with van der Waals surface area (Å²) in [6.07, 6.45) is 0.975. The van der Waals surface area contributed by atoms with E-state index in [1.54, 1.807) is 23.5 Å². The number of nitrogens with zero attached hydrogens (tertiary/aromatic N) is 5. The van der Waals surface area contributed by atoms with Gasteiger partial charge in [-0.25, -0.2) is 9.37 Å². The van der Waals surface area contributed by atoms with E-state index in [1.165, 1.54) is 28.5 Å². The highest BCUT2D eigenvalue weighted by Crippen LogP contribution is 2.30. The number of carbonyl (C=O) groups excluding carboxylic acids is 1. The maximum Gasteiger partial charge on any atom is 0.264 e. The average molecular weight is 484 g/mol. The van der Waals surface area contributed by atoms with Gasteiger partial charge in [0.2, 0.25) is 0 Å². The number of aryl methyl sites for hydroxylation is 2. The number of aromatic nitrogens is 3. The number of thiazole rings is 1. The van der Waals surface area contributed by atoms with E-state index < -0.39 is 0 Å². The summed E-state index contributed by atoms with van der Waals surface area (Å²) in [4.78, 5) is 23.9. The molecule has 4 heterocycles. The molecule has 4 aromatic rings. The first-order valence-electron chi connectivity index (χ1n) is 11.2. The highest BCUT2D eigenvalue weighted by Gasteiger charge is 2.25. The van der Waals surface area contributed by atoms with Gasteiger partial charge in [0.25, 0.3) is 5.91 Å². The minimum Gasteiger partial charge on any atom is -0.335 e. The number of hydrogen-bond donors (Lipinski definition) is 0. The van der Waals surface area contributed by atoms with Gasteiger partial charge >= 0.3 is 0 Å². The lowest BCUT2D eigenvalue weighted by Crippen LogP contribution is -2.48. The Kier molecular flexibility index (Phi) is 6.27. The average Bonchev–Trinajstić information content (AvgIpc) is 3.53. The third kappa shape index (κ3) is 4.71. The Morgan fingerprint density at radius 2 is 1.88 bits per heavy atom. The van der Waals surface area contributed by atoms with Crippen molar-refractivity contribution in [2.24, 2.45) is 0 Å². The lowest BCUT2D eigenvalue weighted by molar-refractivity contribution is 0.0632. The van der Waals surface area contributed by atoms with Crippen LogP contribution in [0, 0.1) is 12.7 Å². The standard InChI is InChI=1S/C24H26FN5OS2/c1-3-22-26-19(15-32-22)14-28-8-10-29(11-9-28)23(31)21-12-20-16(2)27-30(24(20)33-21)13-17-4-6-18(25)7-5-17/h4-7,12,15H,3,8-11,13-14H2,1-2H3. The van der Waals surface area contributed by atoms with E-state index in [0.717, 1.165) is 71.2 Å². The molecule has 6 nitrogen and oxygen atoms in total. The van der Waals surface area contributed by atoms with Crippen molar-refractivity contribution in [2.45, 2.75) is 33.4 Å². The van der Waals surface area contributed by atoms with E-state index in [0.29, 0.717) is 6.54 Å². The predicted octanol–water partition coefficient (Wildman–Crippen LogP) is 4.57. The van der Waals surface area contributed by atoms with Gasteiger partial charge in [-0.3, -0.25) is 14.4 Å². The second-order valence-corrected chi connectivity index (χ2v) is 10.3. The first-order valence-corrected chi connectivity index (χ1v) is 12.9. The molecule has 0 spiro atoms. The van der Waals surface area contributed by atoms with Gasteiger partial charge in [-0.2, -0.15) is 5.10 Å². The van der Waals surface area contributed by atoms with Gasteiger partial charge in [0.15, 0.2) is 0 Å². The van der Waals surface area contributed by atoms with Gasteiger partial charge in [-0.15, -0.1) is 22.7 Å². The van der Waals surface area contributed by atoms with Gasteiger partial charge in [0, 0.05) is 43.5 Å². The van der Waals surface area contributed by atoms with E-state index in [9.17, 15) is 9.18 Å². The molecule has 0 N–H and O–H groups in total. The van der Waals surface area contributed by atoms with Crippen LogP contribution in [-0.4, -0.2) is 56.7 Å². The fourth-order valence-electron chi connectivity index (χ4n) is 4.17. The summed E-state index contributed by atoms with van der Waals surface area (Å²) in [5, 5.41) is 8.97. The Morgan fingerprint density at radius 3 is 2.58 bits per heavy atom. The van der Waals surface area contributed by atoms with Crippen molar-refractivity contribution < 1.29 is 9.18 Å². The Balaban J connectivity index is 1.25. The van der Waals surface area contributed by atoms with Gasteiger partial charge < -0.3 is 4.90 Å². The second-order valence-electron chi connectivity index (χ2n) is 8.35. The zero-order chi connectivity index (χ0) is 22.9. The zero-order valence-electron chi connectivity index (χ0n) is 18.8. The summed E-state index contributed by atoms with van der Waals surface area (Å²) in [5.74, 6) is -0.160. The molecule has 0 atom stereocenters. The van der Waals surface area contributed by atoms with E-state index in [-0.39, 0.29) is 11.7 Å². The number of amides is 1. The molecule has 0 unspecified atom stereocenters. The Hall–Kier alpha value is -2.62. The molecule has 1 aliphatic rings. The molecule has 1 aliphatic heterocycles. The van der Waals surface area contributed by atoms with Crippen LogP contribution in [0.5, 0.6) is 0 Å². The van der Waals surface area contributed by atoms with Crippen molar-refractivity contribution in [1.29, 1.82) is 0 Å². The summed E-state index contributed by atoms with van der Waals surface area (Å²) < 4.78 is 15.1. The third-order valence-corrected chi connectivity index (χ3v) is 8.19. The van der Waals surface area contributed by atoms with Crippen molar-refractivity contribution in [1.82, 2.24) is 24.6 Å². The monoisotopic (exact) mass is 483 g/mol. The topological polar surface area (TPSA) is 54.3 Å². The maximum absolute atomic E-state index is 13.2. The van der Waals surface area contributed by atoms with Gasteiger partial charge in [0.1, 0.15) is 10.6 Å². The number of rotatable bonds is 6. The molecule has 1 aromatic carbocycles. The van der Waals surface area contributed by atoms with Gasteiger partial charge in [-0.05, 0) is 37.1 Å². The number of benzene rings is 1. The molecule has 1 amide bonds. The molecule has 1 saturated heterocycles. The zero-order valence-corrected chi connectivity index (χ0v) is 20.4. The highest BCUT2D eigenvalue weighted by molar-refractivity contribution is 7.20. The normalized spacial score (nSPS) is 14.9. The van der Waals surface area contributed by atoms with E-state index in [2.05, 4.69) is 27.3 Å². The molecular formula is C24H26FN5OS2. The lowest BCUT2D eigenvalue weighted by atomic mass is 10.2. The third-order valence-electron chi connectivity index (χ3n) is 6.01. The van der Waals surface area contributed by atoms with Crippen molar-refractivity contribution >= 4 is 38.8 Å². The van der Waals surface area contributed by atoms with Crippen molar-refractivity contribution in [3.63, 3.8) is 0 Å².